The maximum atomic E-state index is 13.4. The number of carbonyl (C=O) groups is 1. The van der Waals surface area contributed by atoms with Gasteiger partial charge in [-0.15, -0.1) is 0 Å². The third-order valence-corrected chi connectivity index (χ3v) is 6.61. The highest BCUT2D eigenvalue weighted by atomic mass is 16.5. The molecule has 3 aromatic rings. The zero-order valence-corrected chi connectivity index (χ0v) is 20.1. The Balaban J connectivity index is 1.76. The van der Waals surface area contributed by atoms with Crippen LogP contribution in [0.2, 0.25) is 0 Å². The molecular formula is C26H33N5O2. The lowest BCUT2D eigenvalue weighted by Crippen LogP contribution is -2.50. The molecule has 2 aromatic heterocycles. The summed E-state index contributed by atoms with van der Waals surface area (Å²) in [6.07, 6.45) is 3.66. The fourth-order valence-electron chi connectivity index (χ4n) is 4.65. The molecule has 1 saturated heterocycles. The van der Waals surface area contributed by atoms with Crippen LogP contribution >= 0.6 is 0 Å². The molecule has 3 heterocycles. The van der Waals surface area contributed by atoms with Crippen molar-refractivity contribution in [2.75, 3.05) is 13.7 Å². The number of benzene rings is 1. The number of carbonyl (C=O) groups excluding carboxylic acids is 1. The molecule has 7 heteroatoms. The number of aromatic nitrogens is 2. The maximum absolute atomic E-state index is 13.4. The van der Waals surface area contributed by atoms with Crippen molar-refractivity contribution in [3.63, 3.8) is 0 Å². The number of hydrogen-bond donors (Lipinski definition) is 1. The molecule has 0 unspecified atom stereocenters. The van der Waals surface area contributed by atoms with E-state index in [-0.39, 0.29) is 18.0 Å². The number of pyridine rings is 1. The van der Waals surface area contributed by atoms with Gasteiger partial charge in [0, 0.05) is 47.9 Å². The Bertz CT molecular complexity index is 1210. The van der Waals surface area contributed by atoms with E-state index in [2.05, 4.69) is 35.5 Å². The molecule has 2 atom stereocenters. The van der Waals surface area contributed by atoms with Crippen molar-refractivity contribution in [2.24, 2.45) is 10.7 Å². The molecule has 174 valence electrons. The van der Waals surface area contributed by atoms with Crippen LogP contribution in [-0.2, 0) is 6.54 Å². The van der Waals surface area contributed by atoms with Crippen LogP contribution in [0.25, 0.3) is 11.0 Å². The number of aliphatic imine (C=N–C) groups is 1. The molecule has 1 aliphatic heterocycles. The lowest BCUT2D eigenvalue weighted by atomic mass is 9.98. The number of amides is 1. The minimum atomic E-state index is -0.0306. The van der Waals surface area contributed by atoms with E-state index in [1.54, 1.807) is 7.11 Å². The summed E-state index contributed by atoms with van der Waals surface area (Å²) in [6.45, 7) is 9.50. The van der Waals surface area contributed by atoms with Crippen LogP contribution in [0.15, 0.2) is 41.5 Å². The third kappa shape index (κ3) is 4.37. The van der Waals surface area contributed by atoms with Crippen molar-refractivity contribution >= 4 is 28.3 Å². The number of likely N-dealkylation sites (tertiary alicyclic amines) is 1. The Hall–Kier alpha value is -3.19. The van der Waals surface area contributed by atoms with Crippen molar-refractivity contribution in [1.29, 1.82) is 0 Å². The monoisotopic (exact) mass is 447 g/mol. The van der Waals surface area contributed by atoms with Crippen molar-refractivity contribution in [2.45, 2.75) is 59.2 Å². The molecule has 4 rings (SSSR count). The molecule has 33 heavy (non-hydrogen) atoms. The Morgan fingerprint density at radius 3 is 2.82 bits per heavy atom. The highest BCUT2D eigenvalue weighted by Crippen LogP contribution is 2.32. The topological polar surface area (TPSA) is 85.7 Å². The van der Waals surface area contributed by atoms with Crippen LogP contribution in [0, 0.1) is 6.92 Å². The molecule has 2 N–H and O–H groups in total. The number of ether oxygens (including phenoxy) is 1. The summed E-state index contributed by atoms with van der Waals surface area (Å²) in [5, 5.41) is 1.08. The van der Waals surface area contributed by atoms with Gasteiger partial charge in [0.15, 0.2) is 0 Å². The maximum Gasteiger partial charge on any atom is 0.254 e. The number of nitrogens with two attached hydrogens (primary N) is 1. The van der Waals surface area contributed by atoms with E-state index in [1.165, 1.54) is 0 Å². The van der Waals surface area contributed by atoms with Crippen LogP contribution in [0.1, 0.15) is 55.2 Å². The number of fused-ring (bicyclic) bond motifs is 1. The standard InChI is InChI=1S/C26H33N5O2/c1-6-30-23(13-19-8-7-11-28-25(19)30)18(4)29-22-12-20(14-24(33-5)17(22)3)26(32)31-15-21(27)10-9-16(31)2/h7-8,11-14,16,21H,6,9-10,15,27H2,1-5H3/t16-,21+/m1/s1. The van der Waals surface area contributed by atoms with Gasteiger partial charge in [-0.3, -0.25) is 9.79 Å². The molecular weight excluding hydrogens is 414 g/mol. The third-order valence-electron chi connectivity index (χ3n) is 6.61. The van der Waals surface area contributed by atoms with E-state index < -0.39 is 0 Å². The summed E-state index contributed by atoms with van der Waals surface area (Å²) in [4.78, 5) is 24.8. The second-order valence-corrected chi connectivity index (χ2v) is 8.85. The summed E-state index contributed by atoms with van der Waals surface area (Å²) in [7, 11) is 1.62. The van der Waals surface area contributed by atoms with E-state index in [4.69, 9.17) is 15.5 Å². The van der Waals surface area contributed by atoms with Gasteiger partial charge in [0.2, 0.25) is 0 Å². The summed E-state index contributed by atoms with van der Waals surface area (Å²) >= 11 is 0. The van der Waals surface area contributed by atoms with Crippen molar-refractivity contribution in [1.82, 2.24) is 14.5 Å². The predicted molar refractivity (Wildman–Crippen MR) is 133 cm³/mol. The van der Waals surface area contributed by atoms with Gasteiger partial charge in [0.25, 0.3) is 5.91 Å². The number of aryl methyl sites for hydroxylation is 1. The van der Waals surface area contributed by atoms with Gasteiger partial charge in [-0.05, 0) is 70.9 Å². The molecule has 7 nitrogen and oxygen atoms in total. The first-order valence-electron chi connectivity index (χ1n) is 11.6. The number of piperidine rings is 1. The first-order valence-corrected chi connectivity index (χ1v) is 11.6. The SMILES string of the molecule is CCn1c(C(C)=Nc2cc(C(=O)N3C[C@@H](N)CC[C@H]3C)cc(OC)c2C)cc2cccnc21. The molecule has 0 spiro atoms. The Labute approximate surface area is 195 Å². The van der Waals surface area contributed by atoms with Gasteiger partial charge in [-0.2, -0.15) is 0 Å². The first kappa shape index (κ1) is 23.0. The van der Waals surface area contributed by atoms with E-state index >= 15 is 0 Å². The number of hydrogen-bond acceptors (Lipinski definition) is 5. The van der Waals surface area contributed by atoms with Crippen molar-refractivity contribution in [3.8, 4) is 5.75 Å². The molecule has 1 aromatic carbocycles. The van der Waals surface area contributed by atoms with Gasteiger partial charge in [-0.25, -0.2) is 4.98 Å². The predicted octanol–water partition coefficient (Wildman–Crippen LogP) is 4.47. The van der Waals surface area contributed by atoms with Gasteiger partial charge in [0.1, 0.15) is 11.4 Å². The van der Waals surface area contributed by atoms with Crippen molar-refractivity contribution in [3.05, 3.63) is 53.3 Å². The minimum Gasteiger partial charge on any atom is -0.496 e. The Morgan fingerprint density at radius 2 is 2.09 bits per heavy atom. The Kier molecular flexibility index (Phi) is 6.51. The lowest BCUT2D eigenvalue weighted by Gasteiger charge is -2.36. The van der Waals surface area contributed by atoms with Crippen molar-refractivity contribution < 1.29 is 9.53 Å². The summed E-state index contributed by atoms with van der Waals surface area (Å²) < 4.78 is 7.77. The van der Waals surface area contributed by atoms with E-state index in [1.807, 2.05) is 43.1 Å². The van der Waals surface area contributed by atoms with Gasteiger partial charge in [0.05, 0.1) is 24.2 Å². The Morgan fingerprint density at radius 1 is 1.30 bits per heavy atom. The average Bonchev–Trinajstić information content (AvgIpc) is 3.20. The van der Waals surface area contributed by atoms with Crippen LogP contribution in [0.5, 0.6) is 5.75 Å². The van der Waals surface area contributed by atoms with Crippen LogP contribution in [-0.4, -0.2) is 51.8 Å². The molecule has 0 bridgehead atoms. The van der Waals surface area contributed by atoms with Gasteiger partial charge >= 0.3 is 0 Å². The largest absolute Gasteiger partial charge is 0.496 e. The second-order valence-electron chi connectivity index (χ2n) is 8.85. The highest BCUT2D eigenvalue weighted by Gasteiger charge is 2.28. The normalized spacial score (nSPS) is 19.2. The highest BCUT2D eigenvalue weighted by molar-refractivity contribution is 6.03. The van der Waals surface area contributed by atoms with Crippen LogP contribution < -0.4 is 10.5 Å². The fraction of sp³-hybridized carbons (Fsp3) is 0.423. The van der Waals surface area contributed by atoms with Gasteiger partial charge < -0.3 is 19.9 Å². The number of methoxy groups -OCH3 is 1. The second kappa shape index (κ2) is 9.35. The summed E-state index contributed by atoms with van der Waals surface area (Å²) in [5.74, 6) is 0.621. The van der Waals surface area contributed by atoms with E-state index in [9.17, 15) is 4.79 Å². The summed E-state index contributed by atoms with van der Waals surface area (Å²) in [5.41, 5.74) is 11.2. The van der Waals surface area contributed by atoms with Crippen LogP contribution in [0.3, 0.4) is 0 Å². The quantitative estimate of drug-likeness (QED) is 0.585. The molecule has 0 radical (unpaired) electrons. The molecule has 1 aliphatic rings. The van der Waals surface area contributed by atoms with E-state index in [0.717, 1.165) is 53.1 Å². The van der Waals surface area contributed by atoms with Gasteiger partial charge in [-0.1, -0.05) is 0 Å². The smallest absolute Gasteiger partial charge is 0.254 e. The molecule has 1 fully saturated rings. The minimum absolute atomic E-state index is 0.0156. The number of nitrogens with zero attached hydrogens (tertiary/aromatic N) is 4. The van der Waals surface area contributed by atoms with E-state index in [0.29, 0.717) is 17.9 Å². The fourth-order valence-corrected chi connectivity index (χ4v) is 4.65. The molecule has 0 saturated carbocycles. The zero-order chi connectivity index (χ0) is 23.7. The average molecular weight is 448 g/mol. The first-order chi connectivity index (χ1) is 15.8. The zero-order valence-electron chi connectivity index (χ0n) is 20.1. The van der Waals surface area contributed by atoms with Crippen LogP contribution in [0.4, 0.5) is 5.69 Å². The lowest BCUT2D eigenvalue weighted by molar-refractivity contribution is 0.0612. The summed E-state index contributed by atoms with van der Waals surface area (Å²) in [6, 6.07) is 9.97. The molecule has 1 amide bonds. The molecule has 0 aliphatic carbocycles. The number of rotatable bonds is 5.